The highest BCUT2D eigenvalue weighted by Gasteiger charge is 2.25. The predicted octanol–water partition coefficient (Wildman–Crippen LogP) is 3.28. The van der Waals surface area contributed by atoms with Crippen LogP contribution in [-0.2, 0) is 26.0 Å². The number of anilines is 1. The zero-order valence-electron chi connectivity index (χ0n) is 18.6. The maximum absolute atomic E-state index is 12.7. The summed E-state index contributed by atoms with van der Waals surface area (Å²) in [7, 11) is -3.45. The van der Waals surface area contributed by atoms with Crippen molar-refractivity contribution in [1.29, 1.82) is 0 Å². The number of benzene rings is 2. The molecular weight excluding hydrogens is 426 g/mol. The third kappa shape index (κ3) is 6.17. The standard InChI is InChI=1S/C24H31N3O4S/c1-18(2)20-8-10-21(11-9-20)26-24(29)23(28)25-15-14-19-6-12-22(13-7-19)32(30,31)27-16-4-3-5-17-27/h6-13,18H,3-5,14-17H2,1-2H3,(H,25,28)(H,26,29). The van der Waals surface area contributed by atoms with Crippen LogP contribution in [0.4, 0.5) is 5.69 Å². The molecule has 2 amide bonds. The van der Waals surface area contributed by atoms with Gasteiger partial charge in [0.2, 0.25) is 10.0 Å². The fraction of sp³-hybridized carbons (Fsp3) is 0.417. The molecule has 0 bridgehead atoms. The molecule has 2 N–H and O–H groups in total. The van der Waals surface area contributed by atoms with Crippen LogP contribution in [0.15, 0.2) is 53.4 Å². The molecule has 1 saturated heterocycles. The molecule has 1 aliphatic rings. The molecule has 7 nitrogen and oxygen atoms in total. The average Bonchev–Trinajstić information content (AvgIpc) is 2.80. The summed E-state index contributed by atoms with van der Waals surface area (Å²) in [5.74, 6) is -1.03. The van der Waals surface area contributed by atoms with Gasteiger partial charge in [0.15, 0.2) is 0 Å². The summed E-state index contributed by atoms with van der Waals surface area (Å²) < 4.78 is 26.9. The van der Waals surface area contributed by atoms with E-state index >= 15 is 0 Å². The van der Waals surface area contributed by atoms with Crippen molar-refractivity contribution in [2.24, 2.45) is 0 Å². The van der Waals surface area contributed by atoms with Gasteiger partial charge in [-0.15, -0.1) is 0 Å². The summed E-state index contributed by atoms with van der Waals surface area (Å²) in [6.45, 7) is 5.58. The van der Waals surface area contributed by atoms with Gasteiger partial charge >= 0.3 is 11.8 Å². The number of amides is 2. The smallest absolute Gasteiger partial charge is 0.313 e. The molecule has 1 heterocycles. The van der Waals surface area contributed by atoms with Gasteiger partial charge in [0.05, 0.1) is 4.90 Å². The molecule has 0 atom stereocenters. The lowest BCUT2D eigenvalue weighted by Crippen LogP contribution is -2.36. The summed E-state index contributed by atoms with van der Waals surface area (Å²) in [5, 5.41) is 5.19. The van der Waals surface area contributed by atoms with E-state index in [-0.39, 0.29) is 11.4 Å². The van der Waals surface area contributed by atoms with E-state index in [1.807, 2.05) is 12.1 Å². The van der Waals surface area contributed by atoms with Gasteiger partial charge in [-0.25, -0.2) is 8.42 Å². The first-order valence-electron chi connectivity index (χ1n) is 11.1. The van der Waals surface area contributed by atoms with Gasteiger partial charge in [0.25, 0.3) is 0 Å². The van der Waals surface area contributed by atoms with Crippen LogP contribution in [0.2, 0.25) is 0 Å². The molecular formula is C24H31N3O4S. The monoisotopic (exact) mass is 457 g/mol. The van der Waals surface area contributed by atoms with Crippen LogP contribution < -0.4 is 10.6 Å². The Morgan fingerprint density at radius 2 is 1.53 bits per heavy atom. The summed E-state index contributed by atoms with van der Waals surface area (Å²) in [4.78, 5) is 24.4. The van der Waals surface area contributed by atoms with E-state index in [0.29, 0.717) is 31.1 Å². The van der Waals surface area contributed by atoms with Crippen molar-refractivity contribution in [3.63, 3.8) is 0 Å². The minimum Gasteiger partial charge on any atom is -0.347 e. The Balaban J connectivity index is 1.47. The molecule has 0 aromatic heterocycles. The molecule has 32 heavy (non-hydrogen) atoms. The molecule has 0 spiro atoms. The van der Waals surface area contributed by atoms with E-state index in [2.05, 4.69) is 24.5 Å². The average molecular weight is 458 g/mol. The second-order valence-electron chi connectivity index (χ2n) is 8.35. The summed E-state index contributed by atoms with van der Waals surface area (Å²) in [6, 6.07) is 14.1. The van der Waals surface area contributed by atoms with Crippen molar-refractivity contribution >= 4 is 27.5 Å². The Labute approximate surface area is 190 Å². The van der Waals surface area contributed by atoms with Crippen LogP contribution in [0.3, 0.4) is 0 Å². The maximum atomic E-state index is 12.7. The van der Waals surface area contributed by atoms with Crippen LogP contribution in [0.5, 0.6) is 0 Å². The fourth-order valence-electron chi connectivity index (χ4n) is 3.62. The Morgan fingerprint density at radius 3 is 2.12 bits per heavy atom. The number of rotatable bonds is 7. The number of hydrogen-bond acceptors (Lipinski definition) is 4. The molecule has 1 aliphatic heterocycles. The van der Waals surface area contributed by atoms with E-state index in [1.54, 1.807) is 40.7 Å². The second kappa shape index (κ2) is 10.7. The SMILES string of the molecule is CC(C)c1ccc(NC(=O)C(=O)NCCc2ccc(S(=O)(=O)N3CCCCC3)cc2)cc1. The van der Waals surface area contributed by atoms with E-state index in [4.69, 9.17) is 0 Å². The van der Waals surface area contributed by atoms with Crippen molar-refractivity contribution in [2.45, 2.75) is 50.3 Å². The Bertz CT molecular complexity index is 1030. The highest BCUT2D eigenvalue weighted by molar-refractivity contribution is 7.89. The summed E-state index contributed by atoms with van der Waals surface area (Å²) in [6.07, 6.45) is 3.35. The predicted molar refractivity (Wildman–Crippen MR) is 125 cm³/mol. The summed E-state index contributed by atoms with van der Waals surface area (Å²) >= 11 is 0. The van der Waals surface area contributed by atoms with Crippen LogP contribution >= 0.6 is 0 Å². The number of nitrogens with one attached hydrogen (secondary N) is 2. The number of hydrogen-bond donors (Lipinski definition) is 2. The van der Waals surface area contributed by atoms with E-state index in [0.717, 1.165) is 30.4 Å². The van der Waals surface area contributed by atoms with Crippen molar-refractivity contribution in [3.05, 3.63) is 59.7 Å². The third-order valence-corrected chi connectivity index (χ3v) is 7.53. The van der Waals surface area contributed by atoms with Crippen molar-refractivity contribution < 1.29 is 18.0 Å². The Kier molecular flexibility index (Phi) is 8.04. The van der Waals surface area contributed by atoms with Gasteiger partial charge in [-0.2, -0.15) is 4.31 Å². The number of nitrogens with zero attached hydrogens (tertiary/aromatic N) is 1. The van der Waals surface area contributed by atoms with E-state index in [9.17, 15) is 18.0 Å². The second-order valence-corrected chi connectivity index (χ2v) is 10.3. The van der Waals surface area contributed by atoms with Crippen LogP contribution in [0.1, 0.15) is 50.2 Å². The minimum absolute atomic E-state index is 0.275. The molecule has 0 unspecified atom stereocenters. The zero-order valence-corrected chi connectivity index (χ0v) is 19.5. The molecule has 2 aromatic rings. The molecule has 0 aliphatic carbocycles. The van der Waals surface area contributed by atoms with Crippen LogP contribution in [-0.4, -0.2) is 44.2 Å². The third-order valence-electron chi connectivity index (χ3n) is 5.62. The lowest BCUT2D eigenvalue weighted by atomic mass is 10.0. The fourth-order valence-corrected chi connectivity index (χ4v) is 5.14. The number of carbonyl (C=O) groups excluding carboxylic acids is 2. The van der Waals surface area contributed by atoms with Crippen molar-refractivity contribution in [3.8, 4) is 0 Å². The van der Waals surface area contributed by atoms with E-state index < -0.39 is 21.8 Å². The van der Waals surface area contributed by atoms with Gasteiger partial charge < -0.3 is 10.6 Å². The Hall–Kier alpha value is -2.71. The largest absolute Gasteiger partial charge is 0.347 e. The Morgan fingerprint density at radius 1 is 0.906 bits per heavy atom. The molecule has 0 saturated carbocycles. The summed E-state index contributed by atoms with van der Waals surface area (Å²) in [5.41, 5.74) is 2.61. The molecule has 1 fully saturated rings. The number of piperidine rings is 1. The van der Waals surface area contributed by atoms with E-state index in [1.165, 1.54) is 0 Å². The van der Waals surface area contributed by atoms with Crippen LogP contribution in [0, 0.1) is 0 Å². The van der Waals surface area contributed by atoms with Gasteiger partial charge in [0.1, 0.15) is 0 Å². The zero-order chi connectivity index (χ0) is 23.1. The van der Waals surface area contributed by atoms with Gasteiger partial charge in [-0.3, -0.25) is 9.59 Å². The van der Waals surface area contributed by atoms with Gasteiger partial charge in [-0.05, 0) is 60.6 Å². The first kappa shape index (κ1) is 23.9. The first-order valence-corrected chi connectivity index (χ1v) is 12.5. The molecule has 3 rings (SSSR count). The number of carbonyl (C=O) groups is 2. The van der Waals surface area contributed by atoms with Crippen molar-refractivity contribution in [1.82, 2.24) is 9.62 Å². The highest BCUT2D eigenvalue weighted by Crippen LogP contribution is 2.21. The van der Waals surface area contributed by atoms with Gasteiger partial charge in [-0.1, -0.05) is 44.5 Å². The molecule has 2 aromatic carbocycles. The van der Waals surface area contributed by atoms with Gasteiger partial charge in [0, 0.05) is 25.3 Å². The van der Waals surface area contributed by atoms with Crippen molar-refractivity contribution in [2.75, 3.05) is 25.0 Å². The number of sulfonamides is 1. The molecule has 0 radical (unpaired) electrons. The minimum atomic E-state index is -3.45. The molecule has 172 valence electrons. The normalized spacial score (nSPS) is 14.8. The molecule has 8 heteroatoms. The quantitative estimate of drug-likeness (QED) is 0.624. The van der Waals surface area contributed by atoms with Crippen LogP contribution in [0.25, 0.3) is 0 Å². The maximum Gasteiger partial charge on any atom is 0.313 e. The topological polar surface area (TPSA) is 95.6 Å². The lowest BCUT2D eigenvalue weighted by Gasteiger charge is -2.25. The first-order chi connectivity index (χ1) is 15.3. The highest BCUT2D eigenvalue weighted by atomic mass is 32.2. The lowest BCUT2D eigenvalue weighted by molar-refractivity contribution is -0.136.